The van der Waals surface area contributed by atoms with Crippen molar-refractivity contribution in [3.8, 4) is 11.1 Å². The Morgan fingerprint density at radius 3 is 1.44 bits per heavy atom. The third kappa shape index (κ3) is 2.95. The van der Waals surface area contributed by atoms with Gasteiger partial charge in [0.15, 0.2) is 7.14 Å². The second-order valence-corrected chi connectivity index (χ2v) is 9.71. The molecule has 2 aromatic rings. The van der Waals surface area contributed by atoms with Crippen LogP contribution in [0.2, 0.25) is 10.0 Å². The van der Waals surface area contributed by atoms with E-state index in [0.29, 0.717) is 31.6 Å². The van der Waals surface area contributed by atoms with Crippen LogP contribution >= 0.6 is 30.3 Å². The van der Waals surface area contributed by atoms with Crippen LogP contribution in [0.3, 0.4) is 0 Å². The quantitative estimate of drug-likeness (QED) is 0.463. The summed E-state index contributed by atoms with van der Waals surface area (Å²) in [5.41, 5.74) is 7.96. The highest BCUT2D eigenvalue weighted by atomic mass is 35.5. The lowest BCUT2D eigenvalue weighted by Gasteiger charge is -2.20. The van der Waals surface area contributed by atoms with E-state index < -0.39 is 7.14 Å². The van der Waals surface area contributed by atoms with E-state index in [1.165, 1.54) is 0 Å². The Kier molecular flexibility index (Phi) is 4.74. The molecule has 0 atom stereocenters. The predicted octanol–water partition coefficient (Wildman–Crippen LogP) is 5.32. The van der Waals surface area contributed by atoms with Gasteiger partial charge in [0.05, 0.1) is 15.3 Å². The second kappa shape index (κ2) is 7.05. The molecule has 0 amide bonds. The highest BCUT2D eigenvalue weighted by Crippen LogP contribution is 2.52. The zero-order chi connectivity index (χ0) is 19.0. The van der Waals surface area contributed by atoms with Gasteiger partial charge in [-0.2, -0.15) is 0 Å². The first-order valence-electron chi connectivity index (χ1n) is 8.41. The molecule has 134 valence electrons. The number of fused-ring (bicyclic) bond motifs is 1. The molecule has 2 N–H and O–H groups in total. The van der Waals surface area contributed by atoms with Crippen LogP contribution in [0.1, 0.15) is 0 Å². The summed E-state index contributed by atoms with van der Waals surface area (Å²) in [6.07, 6.45) is 0. The summed E-state index contributed by atoms with van der Waals surface area (Å²) in [6, 6.07) is 25.9. The fraction of sp³-hybridized carbons (Fsp3) is 0. The Bertz CT molecular complexity index is 1050. The lowest BCUT2D eigenvalue weighted by Crippen LogP contribution is -2.25. The number of halogens is 2. The van der Waals surface area contributed by atoms with Gasteiger partial charge < -0.3 is 10.3 Å². The van der Waals surface area contributed by atoms with Crippen LogP contribution < -0.4 is 21.6 Å². The number of nitrogen functional groups attached to an aromatic ring is 1. The summed E-state index contributed by atoms with van der Waals surface area (Å²) in [6.45, 7) is 0. The van der Waals surface area contributed by atoms with Crippen molar-refractivity contribution in [2.75, 3.05) is 5.73 Å². The molecule has 5 heteroatoms. The number of benzene rings is 2. The second-order valence-electron chi connectivity index (χ2n) is 6.25. The van der Waals surface area contributed by atoms with Gasteiger partial charge in [0.25, 0.3) is 0 Å². The summed E-state index contributed by atoms with van der Waals surface area (Å²) >= 11 is 13.5. The van der Waals surface area contributed by atoms with Crippen LogP contribution in [-0.4, -0.2) is 0 Å². The Hall–Kier alpha value is -2.25. The number of rotatable bonds is 3. The molecule has 0 heterocycles. The van der Waals surface area contributed by atoms with Gasteiger partial charge >= 0.3 is 0 Å². The Labute approximate surface area is 168 Å². The molecule has 2 aliphatic rings. The van der Waals surface area contributed by atoms with Gasteiger partial charge in [-0.05, 0) is 12.1 Å². The predicted molar refractivity (Wildman–Crippen MR) is 117 cm³/mol. The minimum atomic E-state index is -3.26. The molecule has 0 radical (unpaired) electrons. The Morgan fingerprint density at radius 1 is 0.630 bits per heavy atom. The van der Waals surface area contributed by atoms with Gasteiger partial charge in [0, 0.05) is 27.4 Å². The highest BCUT2D eigenvalue weighted by Gasteiger charge is 2.37. The zero-order valence-corrected chi connectivity index (χ0v) is 16.7. The Balaban J connectivity index is 2.11. The van der Waals surface area contributed by atoms with E-state index in [9.17, 15) is 4.57 Å². The van der Waals surface area contributed by atoms with Gasteiger partial charge in [0.2, 0.25) is 0 Å². The molecule has 0 spiro atoms. The van der Waals surface area contributed by atoms with Gasteiger partial charge in [-0.25, -0.2) is 0 Å². The highest BCUT2D eigenvalue weighted by molar-refractivity contribution is 7.85. The first-order chi connectivity index (χ1) is 13.0. The van der Waals surface area contributed by atoms with Crippen molar-refractivity contribution in [3.63, 3.8) is 0 Å². The van der Waals surface area contributed by atoms with E-state index in [-0.39, 0.29) is 0 Å². The summed E-state index contributed by atoms with van der Waals surface area (Å²) in [7, 11) is -3.26. The van der Waals surface area contributed by atoms with Crippen LogP contribution in [-0.2, 0) is 4.57 Å². The molecule has 2 aliphatic carbocycles. The molecule has 2 aromatic carbocycles. The maximum absolute atomic E-state index is 14.6. The van der Waals surface area contributed by atoms with Crippen LogP contribution in [0, 0.1) is 0 Å². The average molecular weight is 412 g/mol. The van der Waals surface area contributed by atoms with Crippen molar-refractivity contribution in [2.24, 2.45) is 0 Å². The smallest absolute Gasteiger partial charge is 0.174 e. The summed E-state index contributed by atoms with van der Waals surface area (Å²) < 4.78 is 14.6. The molecule has 2 nitrogen and oxygen atoms in total. The SMILES string of the molecule is Nc1ccc2c(Cl)c(P(=O)(c3ccccc3)c3ccccc3)c(Cl)c-2cc1. The van der Waals surface area contributed by atoms with Crippen LogP contribution in [0.25, 0.3) is 11.1 Å². The minimum Gasteiger partial charge on any atom is -0.399 e. The van der Waals surface area contributed by atoms with Crippen molar-refractivity contribution >= 4 is 51.9 Å². The molecular weight excluding hydrogens is 396 g/mol. The van der Waals surface area contributed by atoms with E-state index >= 15 is 0 Å². The van der Waals surface area contributed by atoms with Crippen molar-refractivity contribution in [3.05, 3.63) is 95.0 Å². The van der Waals surface area contributed by atoms with E-state index in [1.54, 1.807) is 12.1 Å². The number of nitrogens with two attached hydrogens (primary N) is 1. The molecule has 0 fully saturated rings. The lowest BCUT2D eigenvalue weighted by atomic mass is 10.2. The van der Waals surface area contributed by atoms with Gasteiger partial charge in [-0.15, -0.1) is 0 Å². The van der Waals surface area contributed by atoms with E-state index in [2.05, 4.69) is 0 Å². The Morgan fingerprint density at radius 2 is 1.04 bits per heavy atom. The van der Waals surface area contributed by atoms with Crippen LogP contribution in [0.15, 0.2) is 84.9 Å². The summed E-state index contributed by atoms with van der Waals surface area (Å²) in [5, 5.41) is 2.67. The molecule has 4 rings (SSSR count). The molecule has 27 heavy (non-hydrogen) atoms. The van der Waals surface area contributed by atoms with Crippen molar-refractivity contribution in [1.82, 2.24) is 0 Å². The molecule has 0 saturated carbocycles. The lowest BCUT2D eigenvalue weighted by molar-refractivity contribution is 0.592. The molecule has 0 unspecified atom stereocenters. The summed E-state index contributed by atoms with van der Waals surface area (Å²) in [5.74, 6) is 0. The van der Waals surface area contributed by atoms with Gasteiger partial charge in [0.1, 0.15) is 0 Å². The molecule has 0 aromatic heterocycles. The number of anilines is 1. The molecule has 0 bridgehead atoms. The third-order valence-corrected chi connectivity index (χ3v) is 8.79. The number of hydrogen-bond acceptors (Lipinski definition) is 2. The van der Waals surface area contributed by atoms with E-state index in [0.717, 1.165) is 11.1 Å². The fourth-order valence-corrected chi connectivity index (χ4v) is 7.36. The molecule has 0 aliphatic heterocycles. The van der Waals surface area contributed by atoms with Crippen LogP contribution in [0.5, 0.6) is 0 Å². The normalized spacial score (nSPS) is 11.6. The average Bonchev–Trinajstić information content (AvgIpc) is 2.83. The maximum atomic E-state index is 14.6. The van der Waals surface area contributed by atoms with Crippen molar-refractivity contribution < 1.29 is 4.57 Å². The molecular formula is C22H16Cl2NOP. The standard InChI is InChI=1S/C22H16Cl2NOP/c23-20-18-13-11-15(25)12-14-19(18)21(24)22(20)27(26,16-7-3-1-4-8-16)17-9-5-2-6-10-17/h1-14H,25H2. The fourth-order valence-electron chi connectivity index (χ4n) is 3.29. The maximum Gasteiger partial charge on any atom is 0.174 e. The van der Waals surface area contributed by atoms with E-state index in [4.69, 9.17) is 28.9 Å². The molecule has 0 saturated heterocycles. The van der Waals surface area contributed by atoms with Crippen LogP contribution in [0.4, 0.5) is 5.69 Å². The van der Waals surface area contributed by atoms with Crippen molar-refractivity contribution in [2.45, 2.75) is 0 Å². The van der Waals surface area contributed by atoms with Crippen molar-refractivity contribution in [1.29, 1.82) is 0 Å². The van der Waals surface area contributed by atoms with Gasteiger partial charge in [-0.1, -0.05) is 96.0 Å². The summed E-state index contributed by atoms with van der Waals surface area (Å²) in [4.78, 5) is 0. The third-order valence-electron chi connectivity index (χ3n) is 4.62. The largest absolute Gasteiger partial charge is 0.399 e. The topological polar surface area (TPSA) is 43.1 Å². The zero-order valence-electron chi connectivity index (χ0n) is 14.3. The van der Waals surface area contributed by atoms with Gasteiger partial charge in [-0.3, -0.25) is 0 Å². The monoisotopic (exact) mass is 411 g/mol. The van der Waals surface area contributed by atoms with E-state index in [1.807, 2.05) is 72.8 Å². The minimum absolute atomic E-state index is 0.404. The first-order valence-corrected chi connectivity index (χ1v) is 10.9. The first kappa shape index (κ1) is 18.1. The number of hydrogen-bond donors (Lipinski definition) is 1.